The van der Waals surface area contributed by atoms with Gasteiger partial charge >= 0.3 is 0 Å². The van der Waals surface area contributed by atoms with E-state index in [4.69, 9.17) is 11.6 Å². The van der Waals surface area contributed by atoms with Gasteiger partial charge in [0.25, 0.3) is 5.91 Å². The lowest BCUT2D eigenvalue weighted by Crippen LogP contribution is -2.40. The Labute approximate surface area is 176 Å². The number of nitrogens with one attached hydrogen (secondary N) is 2. The number of carbonyl (C=O) groups excluding carboxylic acids is 1. The van der Waals surface area contributed by atoms with E-state index in [1.807, 2.05) is 56.4 Å². The third-order valence-corrected chi connectivity index (χ3v) is 5.99. The van der Waals surface area contributed by atoms with Gasteiger partial charge in [-0.2, -0.15) is 0 Å². The number of aryl methyl sites for hydroxylation is 2. The molecule has 1 aromatic heterocycles. The molecule has 1 fully saturated rings. The zero-order valence-corrected chi connectivity index (χ0v) is 17.6. The number of halogens is 1. The van der Waals surface area contributed by atoms with Crippen molar-refractivity contribution in [3.05, 3.63) is 70.4 Å². The van der Waals surface area contributed by atoms with Gasteiger partial charge in [0.2, 0.25) is 0 Å². The summed E-state index contributed by atoms with van der Waals surface area (Å²) in [6, 6.07) is 14.4. The second-order valence-corrected chi connectivity index (χ2v) is 8.44. The maximum absolute atomic E-state index is 12.6. The number of hydrogen-bond donors (Lipinski definition) is 2. The second-order valence-electron chi connectivity index (χ2n) is 8.00. The van der Waals surface area contributed by atoms with Gasteiger partial charge in [-0.05, 0) is 75.4 Å². The Morgan fingerprint density at radius 3 is 2.52 bits per heavy atom. The molecule has 0 spiro atoms. The fourth-order valence-electron chi connectivity index (χ4n) is 4.18. The van der Waals surface area contributed by atoms with Crippen LogP contribution in [-0.2, 0) is 0 Å². The van der Waals surface area contributed by atoms with E-state index >= 15 is 0 Å². The Kier molecular flexibility index (Phi) is 5.72. The van der Waals surface area contributed by atoms with Gasteiger partial charge < -0.3 is 10.6 Å². The summed E-state index contributed by atoms with van der Waals surface area (Å²) < 4.78 is 0. The number of aromatic nitrogens is 1. The molecule has 3 aromatic rings. The van der Waals surface area contributed by atoms with Crippen molar-refractivity contribution in [2.45, 2.75) is 51.6 Å². The van der Waals surface area contributed by atoms with E-state index in [1.165, 1.54) is 5.56 Å². The Morgan fingerprint density at radius 1 is 1.00 bits per heavy atom. The van der Waals surface area contributed by atoms with Crippen molar-refractivity contribution in [3.8, 4) is 0 Å². The lowest BCUT2D eigenvalue weighted by Gasteiger charge is -2.30. The molecule has 1 amide bonds. The fourth-order valence-corrected chi connectivity index (χ4v) is 4.35. The molecule has 1 aliphatic carbocycles. The molecule has 2 N–H and O–H groups in total. The Bertz CT molecular complexity index is 1040. The smallest absolute Gasteiger partial charge is 0.251 e. The van der Waals surface area contributed by atoms with Crippen molar-refractivity contribution in [2.24, 2.45) is 0 Å². The zero-order valence-electron chi connectivity index (χ0n) is 16.8. The maximum atomic E-state index is 12.6. The van der Waals surface area contributed by atoms with E-state index in [1.54, 1.807) is 0 Å². The number of nitrogens with zero attached hydrogens (tertiary/aromatic N) is 1. The molecule has 0 bridgehead atoms. The van der Waals surface area contributed by atoms with Crippen LogP contribution in [0.2, 0.25) is 5.02 Å². The molecule has 0 unspecified atom stereocenters. The average molecular weight is 408 g/mol. The van der Waals surface area contributed by atoms with Gasteiger partial charge in [0.15, 0.2) is 0 Å². The number of rotatable bonds is 4. The van der Waals surface area contributed by atoms with Crippen LogP contribution in [0.25, 0.3) is 10.9 Å². The van der Waals surface area contributed by atoms with Crippen molar-refractivity contribution in [1.82, 2.24) is 10.3 Å². The summed E-state index contributed by atoms with van der Waals surface area (Å²) in [5.74, 6) is 0.0379. The lowest BCUT2D eigenvalue weighted by molar-refractivity contribution is 0.0926. The molecule has 0 saturated heterocycles. The van der Waals surface area contributed by atoms with Crippen LogP contribution in [0.5, 0.6) is 0 Å². The summed E-state index contributed by atoms with van der Waals surface area (Å²) in [4.78, 5) is 17.1. The summed E-state index contributed by atoms with van der Waals surface area (Å²) in [6.45, 7) is 4.04. The molecular formula is C24H26ClN3O. The van der Waals surface area contributed by atoms with Crippen LogP contribution < -0.4 is 10.6 Å². The summed E-state index contributed by atoms with van der Waals surface area (Å²) >= 11 is 6.09. The van der Waals surface area contributed by atoms with Crippen molar-refractivity contribution >= 4 is 34.1 Å². The Balaban J connectivity index is 1.36. The molecule has 1 aliphatic rings. The summed E-state index contributed by atoms with van der Waals surface area (Å²) in [7, 11) is 0. The molecule has 29 heavy (non-hydrogen) atoms. The number of carbonyl (C=O) groups is 1. The molecule has 2 aromatic carbocycles. The molecule has 1 saturated carbocycles. The highest BCUT2D eigenvalue weighted by Gasteiger charge is 2.23. The molecule has 5 heteroatoms. The van der Waals surface area contributed by atoms with Crippen molar-refractivity contribution in [3.63, 3.8) is 0 Å². The third kappa shape index (κ3) is 4.54. The molecule has 4 nitrogen and oxygen atoms in total. The van der Waals surface area contributed by atoms with Gasteiger partial charge in [0.1, 0.15) is 0 Å². The molecule has 1 heterocycles. The van der Waals surface area contributed by atoms with Crippen LogP contribution in [-0.4, -0.2) is 23.0 Å². The van der Waals surface area contributed by atoms with Gasteiger partial charge in [0.05, 0.1) is 5.52 Å². The fraction of sp³-hybridized carbons (Fsp3) is 0.333. The third-order valence-electron chi connectivity index (χ3n) is 5.75. The number of benzene rings is 2. The van der Waals surface area contributed by atoms with Crippen LogP contribution in [0.15, 0.2) is 48.7 Å². The standard InChI is InChI=1S/C24H26ClN3O/c1-15-3-9-20(16(2)13-15)24(29)28-19-7-5-18(6-8-19)27-22-11-12-26-23-14-17(25)4-10-21(22)23/h3-4,9-14,18-19H,5-8H2,1-2H3,(H,26,27)(H,28,29). The van der Waals surface area contributed by atoms with Crippen LogP contribution >= 0.6 is 11.6 Å². The SMILES string of the molecule is Cc1ccc(C(=O)NC2CCC(Nc3ccnc4cc(Cl)ccc34)CC2)c(C)c1. The van der Waals surface area contributed by atoms with Crippen molar-refractivity contribution in [2.75, 3.05) is 5.32 Å². The minimum absolute atomic E-state index is 0.0379. The minimum Gasteiger partial charge on any atom is -0.382 e. The molecule has 0 radical (unpaired) electrons. The first-order chi connectivity index (χ1) is 14.0. The van der Waals surface area contributed by atoms with Gasteiger partial charge in [-0.15, -0.1) is 0 Å². The quantitative estimate of drug-likeness (QED) is 0.586. The number of pyridine rings is 1. The number of hydrogen-bond acceptors (Lipinski definition) is 3. The van der Waals surface area contributed by atoms with E-state index in [2.05, 4.69) is 21.7 Å². The average Bonchev–Trinajstić information content (AvgIpc) is 2.69. The van der Waals surface area contributed by atoms with E-state index in [9.17, 15) is 4.79 Å². The van der Waals surface area contributed by atoms with Crippen LogP contribution in [0, 0.1) is 13.8 Å². The van der Waals surface area contributed by atoms with Gasteiger partial charge in [-0.3, -0.25) is 9.78 Å². The van der Waals surface area contributed by atoms with E-state index < -0.39 is 0 Å². The normalized spacial score (nSPS) is 19.1. The predicted molar refractivity (Wildman–Crippen MR) is 120 cm³/mol. The van der Waals surface area contributed by atoms with E-state index in [-0.39, 0.29) is 11.9 Å². The summed E-state index contributed by atoms with van der Waals surface area (Å²) in [5.41, 5.74) is 4.98. The van der Waals surface area contributed by atoms with Gasteiger partial charge in [0, 0.05) is 39.9 Å². The molecule has 4 rings (SSSR count). The van der Waals surface area contributed by atoms with E-state index in [0.29, 0.717) is 11.1 Å². The highest BCUT2D eigenvalue weighted by Crippen LogP contribution is 2.28. The Hall–Kier alpha value is -2.59. The maximum Gasteiger partial charge on any atom is 0.251 e. The van der Waals surface area contributed by atoms with Crippen LogP contribution in [0.1, 0.15) is 47.2 Å². The molecular weight excluding hydrogens is 382 g/mol. The Morgan fingerprint density at radius 2 is 1.76 bits per heavy atom. The molecule has 0 aliphatic heterocycles. The molecule has 0 atom stereocenters. The van der Waals surface area contributed by atoms with Crippen LogP contribution in [0.4, 0.5) is 5.69 Å². The number of anilines is 1. The predicted octanol–water partition coefficient (Wildman–Crippen LogP) is 5.66. The second kappa shape index (κ2) is 8.42. The highest BCUT2D eigenvalue weighted by atomic mass is 35.5. The van der Waals surface area contributed by atoms with Gasteiger partial charge in [-0.25, -0.2) is 0 Å². The van der Waals surface area contributed by atoms with E-state index in [0.717, 1.165) is 53.4 Å². The summed E-state index contributed by atoms with van der Waals surface area (Å²) in [5, 5.41) is 8.67. The monoisotopic (exact) mass is 407 g/mol. The first-order valence-electron chi connectivity index (χ1n) is 10.2. The number of fused-ring (bicyclic) bond motifs is 1. The lowest BCUT2D eigenvalue weighted by atomic mass is 9.90. The highest BCUT2D eigenvalue weighted by molar-refractivity contribution is 6.31. The topological polar surface area (TPSA) is 54.0 Å². The van der Waals surface area contributed by atoms with Crippen molar-refractivity contribution in [1.29, 1.82) is 0 Å². The first kappa shape index (κ1) is 19.7. The largest absolute Gasteiger partial charge is 0.382 e. The molecule has 150 valence electrons. The van der Waals surface area contributed by atoms with Gasteiger partial charge in [-0.1, -0.05) is 29.3 Å². The first-order valence-corrected chi connectivity index (χ1v) is 10.6. The zero-order chi connectivity index (χ0) is 20.4. The van der Waals surface area contributed by atoms with Crippen molar-refractivity contribution < 1.29 is 4.79 Å². The minimum atomic E-state index is 0.0379. The summed E-state index contributed by atoms with van der Waals surface area (Å²) in [6.07, 6.45) is 5.81. The number of amides is 1. The van der Waals surface area contributed by atoms with Crippen LogP contribution in [0.3, 0.4) is 0 Å².